The van der Waals surface area contributed by atoms with Gasteiger partial charge in [-0.3, -0.25) is 0 Å². The molecule has 0 aliphatic rings. The maximum absolute atomic E-state index is 12.6. The highest BCUT2D eigenvalue weighted by molar-refractivity contribution is 6.41. The number of aromatic nitrogens is 1. The van der Waals surface area contributed by atoms with Crippen molar-refractivity contribution in [3.8, 4) is 17.1 Å². The standard InChI is InChI=1S/C13H7Cl2F3N2O3/c14-7-9(19)8(15)11(23-12(21)22)20-10(7)5-1-3-6(4-2-5)13(16,17)18/h1-4H,(H2,19,20)(H,21,22). The number of carboxylic acid groups (broad SMARTS) is 1. The van der Waals surface area contributed by atoms with Crippen LogP contribution in [0.2, 0.25) is 10.0 Å². The third-order valence-corrected chi connectivity index (χ3v) is 3.50. The van der Waals surface area contributed by atoms with Crippen LogP contribution in [-0.4, -0.2) is 16.2 Å². The number of hydrogen-bond donors (Lipinski definition) is 2. The van der Waals surface area contributed by atoms with E-state index >= 15 is 0 Å². The minimum Gasteiger partial charge on any atom is -0.449 e. The van der Waals surface area contributed by atoms with Crippen LogP contribution in [0.25, 0.3) is 11.3 Å². The van der Waals surface area contributed by atoms with Gasteiger partial charge in [0.25, 0.3) is 0 Å². The molecule has 3 N–H and O–H groups in total. The minimum absolute atomic E-state index is 0.0569. The lowest BCUT2D eigenvalue weighted by Crippen LogP contribution is -2.07. The van der Waals surface area contributed by atoms with Crippen LogP contribution >= 0.6 is 23.2 Å². The van der Waals surface area contributed by atoms with E-state index in [1.165, 1.54) is 0 Å². The van der Waals surface area contributed by atoms with Crippen molar-refractivity contribution in [1.29, 1.82) is 0 Å². The van der Waals surface area contributed by atoms with Gasteiger partial charge in [-0.15, -0.1) is 0 Å². The molecule has 2 aromatic rings. The third-order valence-electron chi connectivity index (χ3n) is 2.75. The molecule has 1 heterocycles. The monoisotopic (exact) mass is 366 g/mol. The van der Waals surface area contributed by atoms with Gasteiger partial charge < -0.3 is 15.6 Å². The Morgan fingerprint density at radius 3 is 2.22 bits per heavy atom. The van der Waals surface area contributed by atoms with Crippen LogP contribution in [0.1, 0.15) is 5.56 Å². The Morgan fingerprint density at radius 1 is 1.17 bits per heavy atom. The first-order valence-electron chi connectivity index (χ1n) is 5.84. The number of benzene rings is 1. The topological polar surface area (TPSA) is 85.4 Å². The Balaban J connectivity index is 2.54. The molecule has 0 aliphatic heterocycles. The van der Waals surface area contributed by atoms with Crippen LogP contribution in [-0.2, 0) is 6.18 Å². The van der Waals surface area contributed by atoms with Crippen LogP contribution in [0.3, 0.4) is 0 Å². The summed E-state index contributed by atoms with van der Waals surface area (Å²) < 4.78 is 42.1. The van der Waals surface area contributed by atoms with E-state index in [-0.39, 0.29) is 27.0 Å². The number of pyridine rings is 1. The second kappa shape index (κ2) is 6.13. The van der Waals surface area contributed by atoms with Crippen molar-refractivity contribution in [3.05, 3.63) is 39.9 Å². The first-order valence-corrected chi connectivity index (χ1v) is 6.59. The maximum atomic E-state index is 12.6. The van der Waals surface area contributed by atoms with E-state index in [1.807, 2.05) is 0 Å². The summed E-state index contributed by atoms with van der Waals surface area (Å²) in [4.78, 5) is 14.4. The van der Waals surface area contributed by atoms with E-state index in [2.05, 4.69) is 9.72 Å². The summed E-state index contributed by atoms with van der Waals surface area (Å²) in [6, 6.07) is 3.90. The lowest BCUT2D eigenvalue weighted by Gasteiger charge is -2.12. The smallest absolute Gasteiger partial charge is 0.449 e. The number of nitrogens with two attached hydrogens (primary N) is 1. The Hall–Kier alpha value is -2.19. The Morgan fingerprint density at radius 2 is 1.74 bits per heavy atom. The molecule has 23 heavy (non-hydrogen) atoms. The molecule has 0 aliphatic carbocycles. The molecule has 10 heteroatoms. The molecule has 5 nitrogen and oxygen atoms in total. The summed E-state index contributed by atoms with van der Waals surface area (Å²) in [6.45, 7) is 0. The molecule has 0 saturated heterocycles. The van der Waals surface area contributed by atoms with E-state index in [0.29, 0.717) is 0 Å². The fourth-order valence-corrected chi connectivity index (χ4v) is 2.17. The third kappa shape index (κ3) is 3.59. The summed E-state index contributed by atoms with van der Waals surface area (Å²) in [7, 11) is 0. The molecule has 0 unspecified atom stereocenters. The molecule has 0 atom stereocenters. The molecule has 0 fully saturated rings. The Bertz CT molecular complexity index is 765. The SMILES string of the molecule is Nc1c(Cl)c(OC(=O)O)nc(-c2ccc(C(F)(F)F)cc2)c1Cl. The molecular formula is C13H7Cl2F3N2O3. The van der Waals surface area contributed by atoms with Gasteiger partial charge in [0.15, 0.2) is 0 Å². The predicted molar refractivity (Wildman–Crippen MR) is 77.8 cm³/mol. The molecule has 0 radical (unpaired) electrons. The van der Waals surface area contributed by atoms with Gasteiger partial charge in [-0.25, -0.2) is 9.78 Å². The highest BCUT2D eigenvalue weighted by Crippen LogP contribution is 2.40. The first-order chi connectivity index (χ1) is 10.6. The molecule has 0 spiro atoms. The Labute approximate surface area is 137 Å². The van der Waals surface area contributed by atoms with Gasteiger partial charge in [-0.1, -0.05) is 35.3 Å². The number of rotatable bonds is 2. The average Bonchev–Trinajstić information content (AvgIpc) is 2.47. The average molecular weight is 367 g/mol. The zero-order valence-corrected chi connectivity index (χ0v) is 12.5. The van der Waals surface area contributed by atoms with Crippen LogP contribution in [0.5, 0.6) is 5.88 Å². The minimum atomic E-state index is -4.49. The molecule has 0 bridgehead atoms. The van der Waals surface area contributed by atoms with Gasteiger partial charge in [0, 0.05) is 5.56 Å². The van der Waals surface area contributed by atoms with E-state index in [4.69, 9.17) is 34.0 Å². The van der Waals surface area contributed by atoms with Gasteiger partial charge in [0.2, 0.25) is 5.88 Å². The molecule has 122 valence electrons. The lowest BCUT2D eigenvalue weighted by molar-refractivity contribution is -0.137. The molecule has 2 rings (SSSR count). The highest BCUT2D eigenvalue weighted by Gasteiger charge is 2.30. The predicted octanol–water partition coefficient (Wildman–Crippen LogP) is 4.71. The van der Waals surface area contributed by atoms with E-state index in [1.54, 1.807) is 0 Å². The van der Waals surface area contributed by atoms with Crippen molar-refractivity contribution >= 4 is 35.0 Å². The fourth-order valence-electron chi connectivity index (χ4n) is 1.70. The molecule has 0 saturated carbocycles. The number of halogens is 5. The number of anilines is 1. The summed E-state index contributed by atoms with van der Waals surface area (Å²) >= 11 is 11.8. The van der Waals surface area contributed by atoms with E-state index < -0.39 is 23.8 Å². The second-order valence-corrected chi connectivity index (χ2v) is 5.01. The van der Waals surface area contributed by atoms with Crippen LogP contribution < -0.4 is 10.5 Å². The van der Waals surface area contributed by atoms with Gasteiger partial charge in [0.05, 0.1) is 22.0 Å². The summed E-state index contributed by atoms with van der Waals surface area (Å²) in [6.07, 6.45) is -6.17. The summed E-state index contributed by atoms with van der Waals surface area (Å²) in [5.41, 5.74) is 4.70. The first kappa shape index (κ1) is 17.2. The summed E-state index contributed by atoms with van der Waals surface area (Å²) in [5, 5.41) is 8.18. The van der Waals surface area contributed by atoms with Crippen LogP contribution in [0.4, 0.5) is 23.7 Å². The number of alkyl halides is 3. The highest BCUT2D eigenvalue weighted by atomic mass is 35.5. The molecular weight excluding hydrogens is 360 g/mol. The van der Waals surface area contributed by atoms with E-state index in [0.717, 1.165) is 24.3 Å². The Kier molecular flexibility index (Phi) is 4.58. The number of ether oxygens (including phenoxy) is 1. The van der Waals surface area contributed by atoms with Crippen LogP contribution in [0, 0.1) is 0 Å². The van der Waals surface area contributed by atoms with Gasteiger partial charge in [0.1, 0.15) is 5.02 Å². The van der Waals surface area contributed by atoms with Crippen molar-refractivity contribution < 1.29 is 27.8 Å². The van der Waals surface area contributed by atoms with Gasteiger partial charge >= 0.3 is 12.3 Å². The summed E-state index contributed by atoms with van der Waals surface area (Å²) in [5.74, 6) is -0.518. The zero-order valence-electron chi connectivity index (χ0n) is 11.0. The normalized spacial score (nSPS) is 11.3. The number of carbonyl (C=O) groups is 1. The van der Waals surface area contributed by atoms with Gasteiger partial charge in [-0.05, 0) is 12.1 Å². The lowest BCUT2D eigenvalue weighted by atomic mass is 10.1. The second-order valence-electron chi connectivity index (χ2n) is 4.25. The molecule has 1 aromatic heterocycles. The van der Waals surface area contributed by atoms with Crippen LogP contribution in [0.15, 0.2) is 24.3 Å². The van der Waals surface area contributed by atoms with E-state index in [9.17, 15) is 18.0 Å². The van der Waals surface area contributed by atoms with Crippen molar-refractivity contribution in [2.45, 2.75) is 6.18 Å². The molecule has 1 aromatic carbocycles. The van der Waals surface area contributed by atoms with Crippen molar-refractivity contribution in [2.75, 3.05) is 5.73 Å². The van der Waals surface area contributed by atoms with Crippen molar-refractivity contribution in [3.63, 3.8) is 0 Å². The van der Waals surface area contributed by atoms with Crippen molar-refractivity contribution in [1.82, 2.24) is 4.98 Å². The van der Waals surface area contributed by atoms with Crippen molar-refractivity contribution in [2.24, 2.45) is 0 Å². The quantitative estimate of drug-likeness (QED) is 0.751. The van der Waals surface area contributed by atoms with Gasteiger partial charge in [-0.2, -0.15) is 13.2 Å². The largest absolute Gasteiger partial charge is 0.512 e. The number of nitrogen functional groups attached to an aromatic ring is 1. The number of nitrogens with zero attached hydrogens (tertiary/aromatic N) is 1. The fraction of sp³-hybridized carbons (Fsp3) is 0.0769. The number of hydrogen-bond acceptors (Lipinski definition) is 4. The molecule has 0 amide bonds. The maximum Gasteiger partial charge on any atom is 0.512 e. The zero-order chi connectivity index (χ0) is 17.4.